The molecule has 0 amide bonds. The fraction of sp³-hybridized carbons (Fsp3) is 0.708. The smallest absolute Gasteiger partial charge is 0.00858 e. The molecule has 0 aromatic heterocycles. The van der Waals surface area contributed by atoms with Gasteiger partial charge in [0.15, 0.2) is 0 Å². The fourth-order valence-corrected chi connectivity index (χ4v) is 5.20. The van der Waals surface area contributed by atoms with Gasteiger partial charge in [0.25, 0.3) is 0 Å². The number of aryl methyl sites for hydroxylation is 1. The van der Waals surface area contributed by atoms with Crippen LogP contribution in [0.1, 0.15) is 96.5 Å². The van der Waals surface area contributed by atoms with Gasteiger partial charge in [-0.2, -0.15) is 0 Å². The van der Waals surface area contributed by atoms with Gasteiger partial charge in [-0.1, -0.05) is 78.6 Å². The first-order valence-electron chi connectivity index (χ1n) is 11.0. The Morgan fingerprint density at radius 1 is 0.654 bits per heavy atom. The first-order valence-corrected chi connectivity index (χ1v) is 13.0. The summed E-state index contributed by atoms with van der Waals surface area (Å²) in [4.78, 5) is 2.96. The van der Waals surface area contributed by atoms with E-state index < -0.39 is 0 Å². The van der Waals surface area contributed by atoms with E-state index in [0.29, 0.717) is 0 Å². The van der Waals surface area contributed by atoms with Gasteiger partial charge in [0, 0.05) is 9.79 Å². The van der Waals surface area contributed by atoms with Crippen LogP contribution in [0.4, 0.5) is 0 Å². The SMILES string of the molecule is [CH2]CCCc1cc(SCCCCCCC)cc(SCCCCCCC)c1. The van der Waals surface area contributed by atoms with E-state index >= 15 is 0 Å². The Bertz CT molecular complexity index is 408. The lowest BCUT2D eigenvalue weighted by Crippen LogP contribution is -1.90. The Hall–Kier alpha value is -0.0800. The van der Waals surface area contributed by atoms with Crippen molar-refractivity contribution in [3.63, 3.8) is 0 Å². The largest absolute Gasteiger partial charge is 0.126 e. The standard InChI is InChI=1S/C24H41S2/c1-4-7-10-12-14-17-25-23-19-22(16-9-6-3)20-24(21-23)26-18-15-13-11-8-5-2/h19-21H,3-18H2,1-2H3. The zero-order valence-electron chi connectivity index (χ0n) is 17.4. The lowest BCUT2D eigenvalue weighted by molar-refractivity contribution is 0.659. The molecule has 1 aromatic carbocycles. The van der Waals surface area contributed by atoms with Crippen LogP contribution in [0.25, 0.3) is 0 Å². The predicted molar refractivity (Wildman–Crippen MR) is 124 cm³/mol. The quantitative estimate of drug-likeness (QED) is 0.191. The third-order valence-electron chi connectivity index (χ3n) is 4.69. The molecule has 0 fully saturated rings. The second-order valence-electron chi connectivity index (χ2n) is 7.30. The second-order valence-corrected chi connectivity index (χ2v) is 9.63. The zero-order valence-corrected chi connectivity index (χ0v) is 19.0. The van der Waals surface area contributed by atoms with Crippen molar-refractivity contribution in [1.29, 1.82) is 0 Å². The maximum absolute atomic E-state index is 4.01. The molecular weight excluding hydrogens is 352 g/mol. The van der Waals surface area contributed by atoms with Crippen molar-refractivity contribution in [1.82, 2.24) is 0 Å². The van der Waals surface area contributed by atoms with E-state index in [-0.39, 0.29) is 0 Å². The summed E-state index contributed by atoms with van der Waals surface area (Å²) in [6, 6.07) is 7.29. The molecule has 0 unspecified atom stereocenters. The predicted octanol–water partition coefficient (Wildman–Crippen LogP) is 8.97. The molecule has 1 aromatic rings. The van der Waals surface area contributed by atoms with Crippen molar-refractivity contribution in [2.75, 3.05) is 11.5 Å². The van der Waals surface area contributed by atoms with Crippen LogP contribution in [-0.2, 0) is 6.42 Å². The van der Waals surface area contributed by atoms with Crippen LogP contribution in [-0.4, -0.2) is 11.5 Å². The zero-order chi connectivity index (χ0) is 18.9. The minimum absolute atomic E-state index is 1.04. The molecule has 0 saturated heterocycles. The number of unbranched alkanes of at least 4 members (excludes halogenated alkanes) is 9. The van der Waals surface area contributed by atoms with E-state index in [1.54, 1.807) is 0 Å². The van der Waals surface area contributed by atoms with Gasteiger partial charge in [0.2, 0.25) is 0 Å². The Kier molecular flexibility index (Phi) is 15.7. The second kappa shape index (κ2) is 17.0. The molecule has 0 heterocycles. The number of hydrogen-bond donors (Lipinski definition) is 0. The number of rotatable bonds is 17. The summed E-state index contributed by atoms with van der Waals surface area (Å²) in [5, 5.41) is 0. The molecule has 2 heteroatoms. The van der Waals surface area contributed by atoms with E-state index in [0.717, 1.165) is 6.42 Å². The van der Waals surface area contributed by atoms with E-state index in [4.69, 9.17) is 0 Å². The molecule has 0 N–H and O–H groups in total. The molecule has 0 aliphatic rings. The van der Waals surface area contributed by atoms with Crippen LogP contribution in [0.15, 0.2) is 28.0 Å². The number of hydrogen-bond acceptors (Lipinski definition) is 2. The van der Waals surface area contributed by atoms with E-state index in [9.17, 15) is 0 Å². The monoisotopic (exact) mass is 393 g/mol. The van der Waals surface area contributed by atoms with Crippen LogP contribution in [0, 0.1) is 6.92 Å². The summed E-state index contributed by atoms with van der Waals surface area (Å²) < 4.78 is 0. The Morgan fingerprint density at radius 3 is 1.62 bits per heavy atom. The maximum atomic E-state index is 4.01. The first-order chi connectivity index (χ1) is 12.8. The van der Waals surface area contributed by atoms with Gasteiger partial charge in [-0.3, -0.25) is 0 Å². The molecule has 0 aliphatic heterocycles. The van der Waals surface area contributed by atoms with E-state index in [2.05, 4.69) is 62.5 Å². The average molecular weight is 394 g/mol. The molecule has 26 heavy (non-hydrogen) atoms. The van der Waals surface area contributed by atoms with Crippen molar-refractivity contribution < 1.29 is 0 Å². The highest BCUT2D eigenvalue weighted by Gasteiger charge is 2.04. The van der Waals surface area contributed by atoms with Crippen LogP contribution in [0.3, 0.4) is 0 Å². The lowest BCUT2D eigenvalue weighted by atomic mass is 10.1. The van der Waals surface area contributed by atoms with Gasteiger partial charge in [-0.15, -0.1) is 23.5 Å². The third-order valence-corrected chi connectivity index (χ3v) is 6.81. The summed E-state index contributed by atoms with van der Waals surface area (Å²) >= 11 is 4.12. The van der Waals surface area contributed by atoms with Crippen LogP contribution in [0.5, 0.6) is 0 Å². The fourth-order valence-electron chi connectivity index (χ4n) is 3.06. The third kappa shape index (κ3) is 12.3. The topological polar surface area (TPSA) is 0 Å². The van der Waals surface area contributed by atoms with E-state index in [1.807, 2.05) is 0 Å². The summed E-state index contributed by atoms with van der Waals surface area (Å²) in [7, 11) is 0. The highest BCUT2D eigenvalue weighted by molar-refractivity contribution is 8.00. The number of thioether (sulfide) groups is 2. The van der Waals surface area contributed by atoms with Crippen molar-refractivity contribution >= 4 is 23.5 Å². The van der Waals surface area contributed by atoms with E-state index in [1.165, 1.54) is 104 Å². The molecule has 0 bridgehead atoms. The molecule has 0 spiro atoms. The summed E-state index contributed by atoms with van der Waals surface area (Å²) in [6.07, 6.45) is 17.2. The Labute approximate surface area is 172 Å². The van der Waals surface area contributed by atoms with Gasteiger partial charge < -0.3 is 0 Å². The average Bonchev–Trinajstić information content (AvgIpc) is 2.65. The van der Waals surface area contributed by atoms with Crippen LogP contribution in [0.2, 0.25) is 0 Å². The van der Waals surface area contributed by atoms with Gasteiger partial charge >= 0.3 is 0 Å². The molecule has 0 aliphatic carbocycles. The minimum Gasteiger partial charge on any atom is -0.126 e. The summed E-state index contributed by atoms with van der Waals surface area (Å²) in [6.45, 7) is 8.58. The van der Waals surface area contributed by atoms with Gasteiger partial charge in [-0.05, 0) is 61.0 Å². The summed E-state index contributed by atoms with van der Waals surface area (Å²) in [5.74, 6) is 2.53. The molecule has 0 nitrogen and oxygen atoms in total. The number of benzene rings is 1. The molecule has 0 saturated carbocycles. The highest BCUT2D eigenvalue weighted by atomic mass is 32.2. The molecule has 0 atom stereocenters. The van der Waals surface area contributed by atoms with Gasteiger partial charge in [0.05, 0.1) is 0 Å². The Morgan fingerprint density at radius 2 is 1.15 bits per heavy atom. The maximum Gasteiger partial charge on any atom is 0.00858 e. The van der Waals surface area contributed by atoms with Crippen molar-refractivity contribution in [2.24, 2.45) is 0 Å². The van der Waals surface area contributed by atoms with Crippen LogP contribution >= 0.6 is 23.5 Å². The Balaban J connectivity index is 2.45. The van der Waals surface area contributed by atoms with Crippen LogP contribution < -0.4 is 0 Å². The summed E-state index contributed by atoms with van der Waals surface area (Å²) in [5.41, 5.74) is 1.51. The minimum atomic E-state index is 1.04. The van der Waals surface area contributed by atoms with Crippen molar-refractivity contribution in [2.45, 2.75) is 107 Å². The molecule has 1 radical (unpaired) electrons. The van der Waals surface area contributed by atoms with Gasteiger partial charge in [0.1, 0.15) is 0 Å². The first kappa shape index (κ1) is 24.0. The molecular formula is C24H41S2. The lowest BCUT2D eigenvalue weighted by Gasteiger charge is -2.10. The van der Waals surface area contributed by atoms with Gasteiger partial charge in [-0.25, -0.2) is 0 Å². The van der Waals surface area contributed by atoms with Crippen molar-refractivity contribution in [3.05, 3.63) is 30.7 Å². The van der Waals surface area contributed by atoms with Crippen molar-refractivity contribution in [3.8, 4) is 0 Å². The normalized spacial score (nSPS) is 11.2. The highest BCUT2D eigenvalue weighted by Crippen LogP contribution is 2.29. The molecule has 1 rings (SSSR count). The molecule has 149 valence electrons.